The minimum atomic E-state index is -0.0492. The lowest BCUT2D eigenvalue weighted by molar-refractivity contribution is 0.204. The Kier molecular flexibility index (Phi) is 10.2. The highest BCUT2D eigenvalue weighted by Crippen LogP contribution is 2.23. The third kappa shape index (κ3) is 7.07. The molecule has 6 nitrogen and oxygen atoms in total. The molecule has 4 N–H and O–H groups in total. The summed E-state index contributed by atoms with van der Waals surface area (Å²) >= 11 is 0. The van der Waals surface area contributed by atoms with E-state index >= 15 is 0 Å². The first-order valence-corrected chi connectivity index (χ1v) is 8.78. The van der Waals surface area contributed by atoms with Crippen LogP contribution in [0.2, 0.25) is 0 Å². The van der Waals surface area contributed by atoms with Crippen LogP contribution in [-0.4, -0.2) is 35.4 Å². The molecule has 0 radical (unpaired) electrons. The van der Waals surface area contributed by atoms with Gasteiger partial charge < -0.3 is 20.9 Å². The van der Waals surface area contributed by atoms with Crippen LogP contribution in [0.1, 0.15) is 44.5 Å². The number of hydrogen-bond donors (Lipinski definition) is 3. The molecular formula is C19H30N4O2. The molecule has 0 atom stereocenters. The molecule has 1 aromatic heterocycles. The van der Waals surface area contributed by atoms with Gasteiger partial charge in [0.25, 0.3) is 0 Å². The number of fused-ring (bicyclic) bond motifs is 1. The van der Waals surface area contributed by atoms with Gasteiger partial charge in [-0.15, -0.1) is 0 Å². The van der Waals surface area contributed by atoms with E-state index in [1.54, 1.807) is 13.2 Å². The summed E-state index contributed by atoms with van der Waals surface area (Å²) in [5, 5.41) is 12.4. The van der Waals surface area contributed by atoms with Gasteiger partial charge in [-0.05, 0) is 31.4 Å². The molecule has 6 heteroatoms. The van der Waals surface area contributed by atoms with E-state index in [-0.39, 0.29) is 6.61 Å². The maximum Gasteiger partial charge on any atom is 0.173 e. The lowest BCUT2D eigenvalue weighted by Crippen LogP contribution is -2.11. The minimum absolute atomic E-state index is 0.0492. The van der Waals surface area contributed by atoms with Gasteiger partial charge in [-0.1, -0.05) is 32.1 Å². The van der Waals surface area contributed by atoms with E-state index in [9.17, 15) is 5.11 Å². The fourth-order valence-electron chi connectivity index (χ4n) is 2.28. The number of ether oxygens (including phenoxy) is 1. The van der Waals surface area contributed by atoms with Crippen molar-refractivity contribution in [2.24, 2.45) is 0 Å². The molecule has 1 aromatic rings. The Hall–Kier alpha value is -2.18. The van der Waals surface area contributed by atoms with E-state index in [0.717, 1.165) is 36.3 Å². The first kappa shape index (κ1) is 20.9. The number of nitrogens with two attached hydrogens (primary N) is 1. The number of rotatable bonds is 8. The Morgan fingerprint density at radius 1 is 1.36 bits per heavy atom. The lowest BCUT2D eigenvalue weighted by atomic mass is 10.1. The van der Waals surface area contributed by atoms with Crippen molar-refractivity contribution >= 4 is 17.7 Å². The van der Waals surface area contributed by atoms with E-state index in [2.05, 4.69) is 21.4 Å². The summed E-state index contributed by atoms with van der Waals surface area (Å²) in [5.74, 6) is 0.909. The average molecular weight is 346 g/mol. The summed E-state index contributed by atoms with van der Waals surface area (Å²) in [4.78, 5) is 8.97. The largest absolute Gasteiger partial charge is 0.392 e. The van der Waals surface area contributed by atoms with Crippen LogP contribution in [0.25, 0.3) is 6.08 Å². The summed E-state index contributed by atoms with van der Waals surface area (Å²) in [7, 11) is 1.68. The second-order valence-corrected chi connectivity index (χ2v) is 5.22. The highest BCUT2D eigenvalue weighted by Gasteiger charge is 2.12. The smallest absolute Gasteiger partial charge is 0.173 e. The maximum atomic E-state index is 9.18. The van der Waals surface area contributed by atoms with Gasteiger partial charge in [-0.25, -0.2) is 9.97 Å². The third-order valence-electron chi connectivity index (χ3n) is 3.46. The van der Waals surface area contributed by atoms with Crippen molar-refractivity contribution in [2.75, 3.05) is 31.4 Å². The van der Waals surface area contributed by atoms with Crippen LogP contribution in [0.4, 0.5) is 11.6 Å². The van der Waals surface area contributed by atoms with Crippen LogP contribution in [0.15, 0.2) is 30.0 Å². The van der Waals surface area contributed by atoms with Crippen molar-refractivity contribution in [3.63, 3.8) is 0 Å². The molecule has 0 saturated heterocycles. The molecule has 0 fully saturated rings. The van der Waals surface area contributed by atoms with Crippen LogP contribution >= 0.6 is 0 Å². The molecule has 1 aliphatic rings. The summed E-state index contributed by atoms with van der Waals surface area (Å²) < 4.78 is 5.00. The number of aromatic nitrogens is 2. The number of methoxy groups -OCH3 is 1. The van der Waals surface area contributed by atoms with Crippen LogP contribution in [-0.2, 0) is 11.2 Å². The summed E-state index contributed by atoms with van der Waals surface area (Å²) in [6.45, 7) is 4.64. The first-order valence-electron chi connectivity index (χ1n) is 8.78. The van der Waals surface area contributed by atoms with Crippen molar-refractivity contribution in [1.29, 1.82) is 0 Å². The number of aliphatic hydroxyl groups is 1. The van der Waals surface area contributed by atoms with Crippen molar-refractivity contribution in [3.8, 4) is 0 Å². The van der Waals surface area contributed by atoms with Gasteiger partial charge in [0.1, 0.15) is 0 Å². The van der Waals surface area contributed by atoms with Crippen molar-refractivity contribution in [1.82, 2.24) is 9.97 Å². The van der Waals surface area contributed by atoms with Crippen LogP contribution < -0.4 is 11.1 Å². The molecule has 0 amide bonds. The van der Waals surface area contributed by atoms with Crippen LogP contribution in [0.3, 0.4) is 0 Å². The zero-order chi connectivity index (χ0) is 18.5. The number of aliphatic hydroxyl groups excluding tert-OH is 1. The molecule has 0 bridgehead atoms. The molecule has 0 spiro atoms. The summed E-state index contributed by atoms with van der Waals surface area (Å²) in [6, 6.07) is 0. The molecular weight excluding hydrogens is 316 g/mol. The van der Waals surface area contributed by atoms with Gasteiger partial charge in [-0.2, -0.15) is 0 Å². The van der Waals surface area contributed by atoms with Crippen LogP contribution in [0, 0.1) is 0 Å². The van der Waals surface area contributed by atoms with Gasteiger partial charge in [0.2, 0.25) is 0 Å². The summed E-state index contributed by atoms with van der Waals surface area (Å²) in [6.07, 6.45) is 13.2. The zero-order valence-corrected chi connectivity index (χ0v) is 15.5. The number of nitrogens with zero attached hydrogens (tertiary/aromatic N) is 2. The number of nitrogens with one attached hydrogen (secondary N) is 1. The second-order valence-electron chi connectivity index (χ2n) is 5.22. The van der Waals surface area contributed by atoms with E-state index < -0.39 is 0 Å². The molecule has 25 heavy (non-hydrogen) atoms. The van der Waals surface area contributed by atoms with Crippen molar-refractivity contribution < 1.29 is 9.84 Å². The lowest BCUT2D eigenvalue weighted by Gasteiger charge is -2.15. The topological polar surface area (TPSA) is 93.3 Å². The SMILES string of the molecule is CC.COCC/C=C\C/C(=C\CO)Nc1nc2c(nc1N)CCC=C2. The Morgan fingerprint density at radius 3 is 2.88 bits per heavy atom. The predicted octanol–water partition coefficient (Wildman–Crippen LogP) is 3.32. The Balaban J connectivity index is 0.00000151. The average Bonchev–Trinajstić information content (AvgIpc) is 2.64. The van der Waals surface area contributed by atoms with Crippen LogP contribution in [0.5, 0.6) is 0 Å². The van der Waals surface area contributed by atoms with Crippen molar-refractivity contribution in [3.05, 3.63) is 41.4 Å². The van der Waals surface area contributed by atoms with Gasteiger partial charge in [-0.3, -0.25) is 0 Å². The van der Waals surface area contributed by atoms with E-state index in [1.165, 1.54) is 0 Å². The standard InChI is InChI=1S/C17H24N4O2.C2H6/c1-23-12-6-2-3-7-13(10-11-22)19-17-16(18)20-14-8-4-5-9-15(14)21-17;1-2/h2-3,5,9-10,22H,4,6-8,11-12H2,1H3,(H2,18,20)(H,19,21);1-2H3/b3-2-,13-10+;. The predicted molar refractivity (Wildman–Crippen MR) is 104 cm³/mol. The number of anilines is 2. The zero-order valence-electron chi connectivity index (χ0n) is 15.5. The summed E-state index contributed by atoms with van der Waals surface area (Å²) in [5.41, 5.74) is 8.62. The molecule has 1 aliphatic carbocycles. The molecule has 1 heterocycles. The number of hydrogen-bond acceptors (Lipinski definition) is 6. The minimum Gasteiger partial charge on any atom is -0.392 e. The van der Waals surface area contributed by atoms with Gasteiger partial charge in [0, 0.05) is 25.8 Å². The van der Waals surface area contributed by atoms with Gasteiger partial charge >= 0.3 is 0 Å². The second kappa shape index (κ2) is 12.2. The Bertz CT molecular complexity index is 610. The first-order chi connectivity index (χ1) is 12.2. The molecule has 0 aliphatic heterocycles. The maximum absolute atomic E-state index is 9.18. The monoisotopic (exact) mass is 346 g/mol. The Morgan fingerprint density at radius 2 is 2.16 bits per heavy atom. The van der Waals surface area contributed by atoms with E-state index in [1.807, 2.05) is 32.1 Å². The van der Waals surface area contributed by atoms with E-state index in [4.69, 9.17) is 10.5 Å². The Labute approximate surface area is 150 Å². The molecule has 0 saturated carbocycles. The van der Waals surface area contributed by atoms with Gasteiger partial charge in [0.05, 0.1) is 18.0 Å². The van der Waals surface area contributed by atoms with Gasteiger partial charge in [0.15, 0.2) is 11.6 Å². The highest BCUT2D eigenvalue weighted by atomic mass is 16.5. The fourth-order valence-corrected chi connectivity index (χ4v) is 2.28. The molecule has 138 valence electrons. The number of aryl methyl sites for hydroxylation is 1. The third-order valence-corrected chi connectivity index (χ3v) is 3.46. The quantitative estimate of drug-likeness (QED) is 0.494. The normalized spacial score (nSPS) is 13.4. The molecule has 0 unspecified atom stereocenters. The number of nitrogen functional groups attached to an aromatic ring is 1. The fraction of sp³-hybridized carbons (Fsp3) is 0.474. The molecule has 0 aromatic carbocycles. The molecule has 2 rings (SSSR count). The van der Waals surface area contributed by atoms with Crippen molar-refractivity contribution in [2.45, 2.75) is 39.5 Å². The number of allylic oxidation sites excluding steroid dienone is 2. The van der Waals surface area contributed by atoms with E-state index in [0.29, 0.717) is 24.7 Å². The highest BCUT2D eigenvalue weighted by molar-refractivity contribution is 5.64.